The molecule has 3 heteroatoms. The summed E-state index contributed by atoms with van der Waals surface area (Å²) in [5, 5.41) is 4.31. The van der Waals surface area contributed by atoms with Gasteiger partial charge in [-0.3, -0.25) is 4.68 Å². The predicted molar refractivity (Wildman–Crippen MR) is 68.6 cm³/mol. The maximum absolute atomic E-state index is 6.10. The third-order valence-electron chi connectivity index (χ3n) is 3.56. The summed E-state index contributed by atoms with van der Waals surface area (Å²) in [4.78, 5) is 0. The molecule has 0 fully saturated rings. The Balaban J connectivity index is 2.01. The molecule has 1 aliphatic rings. The monoisotopic (exact) mass is 227 g/mol. The Morgan fingerprint density at radius 1 is 1.41 bits per heavy atom. The largest absolute Gasteiger partial charge is 0.324 e. The molecule has 0 amide bonds. The first kappa shape index (κ1) is 10.5. The van der Waals surface area contributed by atoms with Crippen LogP contribution in [0.4, 0.5) is 0 Å². The van der Waals surface area contributed by atoms with Crippen LogP contribution >= 0.6 is 0 Å². The number of aromatic nitrogens is 2. The summed E-state index contributed by atoms with van der Waals surface area (Å²) in [7, 11) is 0. The minimum atomic E-state index is 0.214. The maximum atomic E-state index is 6.10. The zero-order valence-electron chi connectivity index (χ0n) is 10.1. The van der Waals surface area contributed by atoms with E-state index in [2.05, 4.69) is 36.4 Å². The second-order valence-electron chi connectivity index (χ2n) is 4.64. The lowest BCUT2D eigenvalue weighted by Gasteiger charge is -2.06. The molecule has 1 unspecified atom stereocenters. The van der Waals surface area contributed by atoms with Gasteiger partial charge in [-0.25, -0.2) is 0 Å². The van der Waals surface area contributed by atoms with Crippen molar-refractivity contribution in [1.82, 2.24) is 9.78 Å². The van der Waals surface area contributed by atoms with Crippen molar-refractivity contribution in [1.29, 1.82) is 0 Å². The summed E-state index contributed by atoms with van der Waals surface area (Å²) in [5.41, 5.74) is 11.2. The zero-order valence-corrected chi connectivity index (χ0v) is 10.1. The van der Waals surface area contributed by atoms with Gasteiger partial charge in [0.05, 0.1) is 6.20 Å². The van der Waals surface area contributed by atoms with Gasteiger partial charge >= 0.3 is 0 Å². The zero-order chi connectivity index (χ0) is 11.8. The van der Waals surface area contributed by atoms with E-state index in [9.17, 15) is 0 Å². The summed E-state index contributed by atoms with van der Waals surface area (Å²) < 4.78 is 1.95. The van der Waals surface area contributed by atoms with Gasteiger partial charge in [0.2, 0.25) is 0 Å². The van der Waals surface area contributed by atoms with Crippen LogP contribution in [0, 0.1) is 0 Å². The lowest BCUT2D eigenvalue weighted by atomic mass is 10.0. The molecule has 1 aromatic heterocycles. The topological polar surface area (TPSA) is 43.8 Å². The van der Waals surface area contributed by atoms with Crippen molar-refractivity contribution in [3.63, 3.8) is 0 Å². The number of hydrogen-bond donors (Lipinski definition) is 1. The molecular weight excluding hydrogens is 210 g/mol. The van der Waals surface area contributed by atoms with Crippen molar-refractivity contribution in [3.8, 4) is 11.1 Å². The third kappa shape index (κ3) is 1.76. The fourth-order valence-corrected chi connectivity index (χ4v) is 2.50. The van der Waals surface area contributed by atoms with Crippen LogP contribution in [0.5, 0.6) is 0 Å². The summed E-state index contributed by atoms with van der Waals surface area (Å²) in [5.74, 6) is 0. The van der Waals surface area contributed by atoms with Crippen LogP contribution in [-0.4, -0.2) is 9.78 Å². The Kier molecular flexibility index (Phi) is 2.48. The van der Waals surface area contributed by atoms with Crippen LogP contribution < -0.4 is 5.73 Å². The number of aryl methyl sites for hydroxylation is 2. The SMILES string of the molecule is CCn1cc(-c2ccc3c(c2)C(N)CC3)cn1. The van der Waals surface area contributed by atoms with Crippen molar-refractivity contribution in [2.75, 3.05) is 0 Å². The molecule has 1 atom stereocenters. The molecule has 0 saturated heterocycles. The minimum Gasteiger partial charge on any atom is -0.324 e. The standard InChI is InChI=1S/C14H17N3/c1-2-17-9-12(8-16-17)11-4-3-10-5-6-14(15)13(10)7-11/h3-4,7-9,14H,2,5-6,15H2,1H3. The second kappa shape index (κ2) is 4.00. The van der Waals surface area contributed by atoms with Crippen molar-refractivity contribution in [3.05, 3.63) is 41.7 Å². The molecule has 0 spiro atoms. The number of benzene rings is 1. The number of nitrogens with zero attached hydrogens (tertiary/aromatic N) is 2. The highest BCUT2D eigenvalue weighted by Crippen LogP contribution is 2.32. The van der Waals surface area contributed by atoms with E-state index in [1.165, 1.54) is 22.3 Å². The van der Waals surface area contributed by atoms with E-state index in [1.54, 1.807) is 0 Å². The highest BCUT2D eigenvalue weighted by Gasteiger charge is 2.19. The van der Waals surface area contributed by atoms with Crippen molar-refractivity contribution in [2.45, 2.75) is 32.4 Å². The number of hydrogen-bond acceptors (Lipinski definition) is 2. The van der Waals surface area contributed by atoms with E-state index in [1.807, 2.05) is 10.9 Å². The fourth-order valence-electron chi connectivity index (χ4n) is 2.50. The minimum absolute atomic E-state index is 0.214. The Hall–Kier alpha value is -1.61. The Labute approximate surface area is 101 Å². The molecule has 1 aliphatic carbocycles. The fraction of sp³-hybridized carbons (Fsp3) is 0.357. The van der Waals surface area contributed by atoms with Crippen LogP contribution in [0.1, 0.15) is 30.5 Å². The van der Waals surface area contributed by atoms with Crippen LogP contribution in [0.2, 0.25) is 0 Å². The predicted octanol–water partition coefficient (Wildman–Crippen LogP) is 2.52. The highest BCUT2D eigenvalue weighted by molar-refractivity contribution is 5.64. The summed E-state index contributed by atoms with van der Waals surface area (Å²) in [6.07, 6.45) is 6.20. The summed E-state index contributed by atoms with van der Waals surface area (Å²) in [6.45, 7) is 3.00. The number of fused-ring (bicyclic) bond motifs is 1. The van der Waals surface area contributed by atoms with E-state index in [0.29, 0.717) is 0 Å². The van der Waals surface area contributed by atoms with Gasteiger partial charge in [-0.05, 0) is 42.5 Å². The van der Waals surface area contributed by atoms with Gasteiger partial charge in [0.15, 0.2) is 0 Å². The molecule has 17 heavy (non-hydrogen) atoms. The Morgan fingerprint density at radius 3 is 3.06 bits per heavy atom. The van der Waals surface area contributed by atoms with Gasteiger partial charge in [0.25, 0.3) is 0 Å². The Morgan fingerprint density at radius 2 is 2.29 bits per heavy atom. The molecule has 88 valence electrons. The summed E-state index contributed by atoms with van der Waals surface area (Å²) >= 11 is 0. The van der Waals surface area contributed by atoms with Crippen LogP contribution in [0.3, 0.4) is 0 Å². The molecule has 1 heterocycles. The van der Waals surface area contributed by atoms with Crippen LogP contribution in [0.25, 0.3) is 11.1 Å². The third-order valence-corrected chi connectivity index (χ3v) is 3.56. The molecular formula is C14H17N3. The quantitative estimate of drug-likeness (QED) is 0.856. The van der Waals surface area contributed by atoms with Gasteiger partial charge in [-0.2, -0.15) is 5.10 Å². The maximum Gasteiger partial charge on any atom is 0.0568 e. The molecule has 0 radical (unpaired) electrons. The summed E-state index contributed by atoms with van der Waals surface area (Å²) in [6, 6.07) is 6.82. The van der Waals surface area contributed by atoms with Gasteiger partial charge in [-0.1, -0.05) is 12.1 Å². The molecule has 0 aliphatic heterocycles. The van der Waals surface area contributed by atoms with Crippen molar-refractivity contribution in [2.24, 2.45) is 5.73 Å². The van der Waals surface area contributed by atoms with E-state index < -0.39 is 0 Å². The smallest absolute Gasteiger partial charge is 0.0568 e. The number of rotatable bonds is 2. The van der Waals surface area contributed by atoms with Gasteiger partial charge in [0, 0.05) is 24.3 Å². The van der Waals surface area contributed by atoms with Gasteiger partial charge in [-0.15, -0.1) is 0 Å². The number of nitrogens with two attached hydrogens (primary N) is 1. The molecule has 1 aromatic carbocycles. The van der Waals surface area contributed by atoms with Crippen LogP contribution in [0.15, 0.2) is 30.6 Å². The first-order valence-electron chi connectivity index (χ1n) is 6.19. The van der Waals surface area contributed by atoms with Gasteiger partial charge in [0.1, 0.15) is 0 Å². The molecule has 3 nitrogen and oxygen atoms in total. The molecule has 0 bridgehead atoms. The van der Waals surface area contributed by atoms with Gasteiger partial charge < -0.3 is 5.73 Å². The molecule has 2 aromatic rings. The van der Waals surface area contributed by atoms with E-state index in [4.69, 9.17) is 5.73 Å². The lowest BCUT2D eigenvalue weighted by molar-refractivity contribution is 0.660. The van der Waals surface area contributed by atoms with Crippen molar-refractivity contribution < 1.29 is 0 Å². The average molecular weight is 227 g/mol. The first-order chi connectivity index (χ1) is 8.28. The van der Waals surface area contributed by atoms with E-state index in [-0.39, 0.29) is 6.04 Å². The molecule has 3 rings (SSSR count). The molecule has 0 saturated carbocycles. The Bertz CT molecular complexity index is 542. The first-order valence-corrected chi connectivity index (χ1v) is 6.19. The van der Waals surface area contributed by atoms with E-state index >= 15 is 0 Å². The van der Waals surface area contributed by atoms with Crippen molar-refractivity contribution >= 4 is 0 Å². The normalized spacial score (nSPS) is 18.4. The average Bonchev–Trinajstić information content (AvgIpc) is 2.96. The lowest BCUT2D eigenvalue weighted by Crippen LogP contribution is -2.05. The highest BCUT2D eigenvalue weighted by atomic mass is 15.3. The van der Waals surface area contributed by atoms with E-state index in [0.717, 1.165) is 19.4 Å². The second-order valence-corrected chi connectivity index (χ2v) is 4.64. The van der Waals surface area contributed by atoms with Crippen LogP contribution in [-0.2, 0) is 13.0 Å². The molecule has 2 N–H and O–H groups in total.